The number of hydrogen-bond acceptors (Lipinski definition) is 6. The largest absolute Gasteiger partial charge is 0.493 e. The van der Waals surface area contributed by atoms with Gasteiger partial charge in [-0.05, 0) is 30.3 Å². The van der Waals surface area contributed by atoms with Crippen LogP contribution in [0.15, 0.2) is 66.7 Å². The quantitative estimate of drug-likeness (QED) is 0.364. The maximum Gasteiger partial charge on any atom is 0.262 e. The Bertz CT molecular complexity index is 1310. The van der Waals surface area contributed by atoms with Gasteiger partial charge in [-0.3, -0.25) is 25.2 Å². The van der Waals surface area contributed by atoms with Crippen molar-refractivity contribution in [3.05, 3.63) is 77.6 Å². The molecule has 3 aromatic carbocycles. The van der Waals surface area contributed by atoms with Crippen LogP contribution in [0.2, 0.25) is 5.02 Å². The van der Waals surface area contributed by atoms with E-state index in [1.54, 1.807) is 11.0 Å². The van der Waals surface area contributed by atoms with E-state index in [1.165, 1.54) is 37.4 Å². The van der Waals surface area contributed by atoms with Crippen LogP contribution in [0.25, 0.3) is 0 Å². The van der Waals surface area contributed by atoms with E-state index in [0.717, 1.165) is 5.69 Å². The molecule has 0 unspecified atom stereocenters. The number of carbonyl (C=O) groups is 3. The number of halogens is 2. The van der Waals surface area contributed by atoms with Crippen molar-refractivity contribution in [2.75, 3.05) is 35.9 Å². The first-order valence-corrected chi connectivity index (χ1v) is 11.7. The zero-order chi connectivity index (χ0) is 26.4. The minimum Gasteiger partial charge on any atom is -0.493 e. The van der Waals surface area contributed by atoms with Gasteiger partial charge in [0.05, 0.1) is 29.4 Å². The third-order valence-corrected chi connectivity index (χ3v) is 5.90. The van der Waals surface area contributed by atoms with Crippen molar-refractivity contribution in [3.63, 3.8) is 0 Å². The molecule has 1 saturated heterocycles. The number of hydrazine groups is 1. The Morgan fingerprint density at radius 1 is 1.11 bits per heavy atom. The summed E-state index contributed by atoms with van der Waals surface area (Å²) in [6.45, 7) is -0.177. The number of para-hydroxylation sites is 2. The summed E-state index contributed by atoms with van der Waals surface area (Å²) in [5, 5.41) is 2.53. The summed E-state index contributed by atoms with van der Waals surface area (Å²) in [5.74, 6) is -1.87. The van der Waals surface area contributed by atoms with Crippen LogP contribution >= 0.6 is 11.6 Å². The van der Waals surface area contributed by atoms with E-state index in [4.69, 9.17) is 21.1 Å². The van der Waals surface area contributed by atoms with E-state index in [9.17, 15) is 18.8 Å². The van der Waals surface area contributed by atoms with Gasteiger partial charge in [-0.25, -0.2) is 4.39 Å². The van der Waals surface area contributed by atoms with E-state index in [2.05, 4.69) is 16.2 Å². The predicted molar refractivity (Wildman–Crippen MR) is 137 cm³/mol. The van der Waals surface area contributed by atoms with E-state index in [0.29, 0.717) is 5.69 Å². The molecule has 37 heavy (non-hydrogen) atoms. The van der Waals surface area contributed by atoms with Gasteiger partial charge < -0.3 is 19.7 Å². The monoisotopic (exact) mass is 526 g/mol. The second-order valence-electron chi connectivity index (χ2n) is 8.16. The second kappa shape index (κ2) is 11.6. The third kappa shape index (κ3) is 6.28. The Kier molecular flexibility index (Phi) is 8.09. The zero-order valence-electron chi connectivity index (χ0n) is 19.8. The third-order valence-electron chi connectivity index (χ3n) is 5.62. The number of ether oxygens (including phenoxy) is 2. The fourth-order valence-corrected chi connectivity index (χ4v) is 4.06. The van der Waals surface area contributed by atoms with Crippen LogP contribution in [0.3, 0.4) is 0 Å². The van der Waals surface area contributed by atoms with Crippen molar-refractivity contribution in [1.82, 2.24) is 5.43 Å². The van der Waals surface area contributed by atoms with E-state index in [-0.39, 0.29) is 47.0 Å². The van der Waals surface area contributed by atoms with Crippen molar-refractivity contribution in [2.45, 2.75) is 6.42 Å². The van der Waals surface area contributed by atoms with Crippen LogP contribution in [0.4, 0.5) is 21.5 Å². The van der Waals surface area contributed by atoms with Crippen molar-refractivity contribution < 1.29 is 28.2 Å². The molecule has 1 aliphatic rings. The fourth-order valence-electron chi connectivity index (χ4n) is 3.80. The SMILES string of the molecule is COc1cc(NNC(=O)[C@H]2CC(=O)N(c3ccccc3)C2)cc(Cl)c1OCC(=O)Nc1ccccc1F. The predicted octanol–water partition coefficient (Wildman–Crippen LogP) is 4.00. The summed E-state index contributed by atoms with van der Waals surface area (Å²) in [5.41, 5.74) is 6.52. The fraction of sp³-hybridized carbons (Fsp3) is 0.192. The Labute approximate surface area is 217 Å². The topological polar surface area (TPSA) is 109 Å². The first kappa shape index (κ1) is 25.8. The molecule has 1 fully saturated rings. The molecule has 0 spiro atoms. The highest BCUT2D eigenvalue weighted by Crippen LogP contribution is 2.38. The number of rotatable bonds is 9. The average Bonchev–Trinajstić information content (AvgIpc) is 3.29. The van der Waals surface area contributed by atoms with Crippen LogP contribution in [0, 0.1) is 11.7 Å². The molecular formula is C26H24ClFN4O5. The molecule has 3 aromatic rings. The maximum atomic E-state index is 13.7. The molecule has 3 amide bonds. The molecule has 9 nitrogen and oxygen atoms in total. The molecule has 3 N–H and O–H groups in total. The normalized spacial score (nSPS) is 14.7. The Hall–Kier alpha value is -4.31. The number of nitrogens with zero attached hydrogens (tertiary/aromatic N) is 1. The first-order chi connectivity index (χ1) is 17.9. The van der Waals surface area contributed by atoms with Crippen molar-refractivity contribution in [1.29, 1.82) is 0 Å². The molecule has 0 aliphatic carbocycles. The number of anilines is 3. The molecule has 4 rings (SSSR count). The van der Waals surface area contributed by atoms with E-state index in [1.807, 2.05) is 30.3 Å². The Balaban J connectivity index is 1.34. The van der Waals surface area contributed by atoms with Gasteiger partial charge in [-0.1, -0.05) is 41.9 Å². The Morgan fingerprint density at radius 2 is 1.84 bits per heavy atom. The molecule has 0 aromatic heterocycles. The molecule has 1 atom stereocenters. The first-order valence-electron chi connectivity index (χ1n) is 11.3. The Morgan fingerprint density at radius 3 is 2.57 bits per heavy atom. The average molecular weight is 527 g/mol. The molecule has 0 radical (unpaired) electrons. The van der Waals surface area contributed by atoms with Gasteiger partial charge in [0.1, 0.15) is 5.82 Å². The summed E-state index contributed by atoms with van der Waals surface area (Å²) in [6, 6.07) is 17.9. The van der Waals surface area contributed by atoms with Crippen molar-refractivity contribution >= 4 is 46.4 Å². The van der Waals surface area contributed by atoms with Gasteiger partial charge in [0.25, 0.3) is 5.91 Å². The second-order valence-corrected chi connectivity index (χ2v) is 8.57. The molecular weight excluding hydrogens is 503 g/mol. The minimum absolute atomic E-state index is 0.0281. The van der Waals surface area contributed by atoms with Gasteiger partial charge >= 0.3 is 0 Å². The van der Waals surface area contributed by atoms with Gasteiger partial charge in [0, 0.05) is 24.7 Å². The van der Waals surface area contributed by atoms with E-state index >= 15 is 0 Å². The molecule has 0 saturated carbocycles. The molecule has 11 heteroatoms. The summed E-state index contributed by atoms with van der Waals surface area (Å²) in [4.78, 5) is 38.8. The summed E-state index contributed by atoms with van der Waals surface area (Å²) >= 11 is 6.33. The number of amides is 3. The van der Waals surface area contributed by atoms with Crippen LogP contribution in [0.1, 0.15) is 6.42 Å². The van der Waals surface area contributed by atoms with Crippen molar-refractivity contribution in [2.24, 2.45) is 5.92 Å². The lowest BCUT2D eigenvalue weighted by Gasteiger charge is -2.17. The number of carbonyl (C=O) groups excluding carboxylic acids is 3. The van der Waals surface area contributed by atoms with Crippen molar-refractivity contribution in [3.8, 4) is 11.5 Å². The number of benzene rings is 3. The van der Waals surface area contributed by atoms with Gasteiger partial charge in [0.2, 0.25) is 11.8 Å². The van der Waals surface area contributed by atoms with Gasteiger partial charge in [-0.15, -0.1) is 0 Å². The van der Waals surface area contributed by atoms with Gasteiger partial charge in [0.15, 0.2) is 18.1 Å². The number of hydrogen-bond donors (Lipinski definition) is 3. The maximum absolute atomic E-state index is 13.7. The highest BCUT2D eigenvalue weighted by Gasteiger charge is 2.35. The molecule has 192 valence electrons. The molecule has 1 aliphatic heterocycles. The highest BCUT2D eigenvalue weighted by molar-refractivity contribution is 6.32. The summed E-state index contributed by atoms with van der Waals surface area (Å²) in [7, 11) is 1.39. The highest BCUT2D eigenvalue weighted by atomic mass is 35.5. The molecule has 0 bridgehead atoms. The van der Waals surface area contributed by atoms with Gasteiger partial charge in [-0.2, -0.15) is 0 Å². The van der Waals surface area contributed by atoms with Crippen LogP contribution in [-0.4, -0.2) is 38.0 Å². The summed E-state index contributed by atoms with van der Waals surface area (Å²) < 4.78 is 24.6. The minimum atomic E-state index is -0.589. The number of methoxy groups -OCH3 is 1. The van der Waals surface area contributed by atoms with Crippen LogP contribution in [-0.2, 0) is 14.4 Å². The van der Waals surface area contributed by atoms with E-state index < -0.39 is 24.2 Å². The van der Waals surface area contributed by atoms with Crippen LogP contribution in [0.5, 0.6) is 11.5 Å². The zero-order valence-corrected chi connectivity index (χ0v) is 20.5. The van der Waals surface area contributed by atoms with Crippen LogP contribution < -0.4 is 30.5 Å². The lowest BCUT2D eigenvalue weighted by Crippen LogP contribution is -2.36. The lowest BCUT2D eigenvalue weighted by molar-refractivity contribution is -0.125. The standard InChI is InChI=1S/C26H24ClFN4O5/c1-36-22-13-17(12-19(27)25(22)37-15-23(33)29-21-10-6-5-9-20(21)28)30-31-26(35)16-11-24(34)32(14-16)18-7-3-2-4-8-18/h2-10,12-13,16,30H,11,14-15H2,1H3,(H,29,33)(H,31,35)/t16-/m0/s1. The summed E-state index contributed by atoms with van der Waals surface area (Å²) in [6.07, 6.45) is 0.0915. The molecule has 1 heterocycles. The lowest BCUT2D eigenvalue weighted by atomic mass is 10.1. The smallest absolute Gasteiger partial charge is 0.262 e. The number of nitrogens with one attached hydrogen (secondary N) is 3.